The van der Waals surface area contributed by atoms with E-state index >= 15 is 0 Å². The number of piperazine rings is 1. The van der Waals surface area contributed by atoms with Gasteiger partial charge in [-0.05, 0) is 57.6 Å². The van der Waals surface area contributed by atoms with E-state index in [0.29, 0.717) is 50.6 Å². The topological polar surface area (TPSA) is 110 Å². The van der Waals surface area contributed by atoms with Crippen molar-refractivity contribution in [3.8, 4) is 6.07 Å². The molecule has 2 amide bonds. The first-order chi connectivity index (χ1) is 17.2. The molecule has 9 nitrogen and oxygen atoms in total. The smallest absolute Gasteiger partial charge is 0.410 e. The van der Waals surface area contributed by atoms with Crippen LogP contribution < -0.4 is 4.90 Å². The Hall–Kier alpha value is -2.86. The van der Waals surface area contributed by atoms with Gasteiger partial charge in [-0.1, -0.05) is 13.3 Å². The van der Waals surface area contributed by atoms with Crippen molar-refractivity contribution in [2.45, 2.75) is 90.3 Å². The lowest BCUT2D eigenvalue weighted by Crippen LogP contribution is -2.55. The van der Waals surface area contributed by atoms with Crippen molar-refractivity contribution in [3.05, 3.63) is 22.4 Å². The van der Waals surface area contributed by atoms with Crippen molar-refractivity contribution in [1.29, 1.82) is 5.26 Å². The lowest BCUT2D eigenvalue weighted by Gasteiger charge is -2.43. The number of ether oxygens (including phenoxy) is 1. The molecule has 1 aromatic heterocycles. The van der Waals surface area contributed by atoms with E-state index in [4.69, 9.17) is 9.72 Å². The Morgan fingerprint density at radius 2 is 1.94 bits per heavy atom. The van der Waals surface area contributed by atoms with Crippen LogP contribution in [-0.2, 0) is 22.5 Å². The Morgan fingerprint density at radius 1 is 1.19 bits per heavy atom. The zero-order valence-corrected chi connectivity index (χ0v) is 22.0. The predicted molar refractivity (Wildman–Crippen MR) is 136 cm³/mol. The second-order valence-electron chi connectivity index (χ2n) is 11.1. The molecule has 2 fully saturated rings. The van der Waals surface area contributed by atoms with Crippen LogP contribution in [0.3, 0.4) is 0 Å². The molecule has 0 radical (unpaired) electrons. The largest absolute Gasteiger partial charge is 0.444 e. The number of aromatic nitrogens is 1. The van der Waals surface area contributed by atoms with Crippen molar-refractivity contribution in [3.63, 3.8) is 0 Å². The molecule has 0 spiro atoms. The molecule has 2 aliphatic heterocycles. The van der Waals surface area contributed by atoms with E-state index in [1.165, 1.54) is 0 Å². The van der Waals surface area contributed by atoms with Gasteiger partial charge >= 0.3 is 6.09 Å². The molecule has 1 aliphatic carbocycles. The highest BCUT2D eigenvalue weighted by molar-refractivity contribution is 5.77. The van der Waals surface area contributed by atoms with E-state index in [2.05, 4.69) is 17.9 Å². The molecule has 0 bridgehead atoms. The Morgan fingerprint density at radius 3 is 2.56 bits per heavy atom. The molecule has 1 saturated carbocycles. The summed E-state index contributed by atoms with van der Waals surface area (Å²) in [5, 5.41) is 19.5. The number of hydrogen-bond donors (Lipinski definition) is 1. The minimum atomic E-state index is -0.563. The zero-order valence-electron chi connectivity index (χ0n) is 22.0. The third kappa shape index (κ3) is 5.59. The van der Waals surface area contributed by atoms with E-state index in [9.17, 15) is 20.0 Å². The molecule has 1 saturated heterocycles. The molecular formula is C27H39N5O4. The molecule has 1 aromatic rings. The number of hydrogen-bond acceptors (Lipinski definition) is 7. The van der Waals surface area contributed by atoms with Gasteiger partial charge in [0.2, 0.25) is 5.91 Å². The van der Waals surface area contributed by atoms with Crippen molar-refractivity contribution < 1.29 is 19.4 Å². The average molecular weight is 498 g/mol. The third-order valence-electron chi connectivity index (χ3n) is 7.18. The van der Waals surface area contributed by atoms with E-state index in [1.807, 2.05) is 25.7 Å². The summed E-state index contributed by atoms with van der Waals surface area (Å²) < 4.78 is 5.61. The summed E-state index contributed by atoms with van der Waals surface area (Å²) in [4.78, 5) is 36.3. The van der Waals surface area contributed by atoms with Crippen LogP contribution in [0.1, 0.15) is 88.1 Å². The van der Waals surface area contributed by atoms with Crippen molar-refractivity contribution in [1.82, 2.24) is 14.8 Å². The molecule has 1 N–H and O–H groups in total. The molecule has 3 heterocycles. The molecule has 196 valence electrons. The van der Waals surface area contributed by atoms with Gasteiger partial charge in [-0.15, -0.1) is 0 Å². The van der Waals surface area contributed by atoms with Crippen LogP contribution in [0.2, 0.25) is 0 Å². The summed E-state index contributed by atoms with van der Waals surface area (Å²) in [7, 11) is 0. The van der Waals surface area contributed by atoms with Crippen molar-refractivity contribution >= 4 is 17.8 Å². The maximum Gasteiger partial charge on any atom is 0.410 e. The van der Waals surface area contributed by atoms with E-state index < -0.39 is 5.60 Å². The van der Waals surface area contributed by atoms with Crippen LogP contribution in [0.25, 0.3) is 0 Å². The summed E-state index contributed by atoms with van der Waals surface area (Å²) >= 11 is 0. The van der Waals surface area contributed by atoms with Crippen LogP contribution in [0.4, 0.5) is 10.6 Å². The second kappa shape index (κ2) is 10.6. The van der Waals surface area contributed by atoms with E-state index in [-0.39, 0.29) is 31.1 Å². The molecule has 9 heteroatoms. The lowest BCUT2D eigenvalue weighted by atomic mass is 9.92. The molecule has 0 unspecified atom stereocenters. The number of nitrogens with zero attached hydrogens (tertiary/aromatic N) is 5. The number of amides is 2. The molecule has 1 atom stereocenters. The third-order valence-corrected chi connectivity index (χ3v) is 7.18. The Labute approximate surface area is 214 Å². The standard InChI is InChI=1S/C27H39N5O4/c1-5-6-19-16-30(12-13-32(19)23(34)10-14-33)25-21(15-28)20-9-11-31(26(35)36-27(2,3)4)17-22(20)24(29-25)18-7-8-18/h18-19,33H,5-14,16-17H2,1-4H3/t19-/m1/s1. The van der Waals surface area contributed by atoms with Gasteiger partial charge < -0.3 is 24.5 Å². The Bertz CT molecular complexity index is 1040. The first-order valence-electron chi connectivity index (χ1n) is 13.3. The van der Waals surface area contributed by atoms with Crippen molar-refractivity contribution in [2.75, 3.05) is 37.7 Å². The zero-order chi connectivity index (χ0) is 26.0. The number of aliphatic hydroxyl groups is 1. The van der Waals surface area contributed by atoms with Crippen LogP contribution in [0.5, 0.6) is 0 Å². The number of carbonyl (C=O) groups excluding carboxylic acids is 2. The minimum Gasteiger partial charge on any atom is -0.444 e. The second-order valence-corrected chi connectivity index (χ2v) is 11.1. The van der Waals surface area contributed by atoms with Gasteiger partial charge in [0.25, 0.3) is 0 Å². The number of aliphatic hydroxyl groups excluding tert-OH is 1. The van der Waals surface area contributed by atoms with Gasteiger partial charge in [-0.25, -0.2) is 9.78 Å². The highest BCUT2D eigenvalue weighted by Crippen LogP contribution is 2.45. The number of nitriles is 1. The Balaban J connectivity index is 1.64. The highest BCUT2D eigenvalue weighted by atomic mass is 16.6. The summed E-state index contributed by atoms with van der Waals surface area (Å²) in [5.41, 5.74) is 3.07. The molecule has 36 heavy (non-hydrogen) atoms. The van der Waals surface area contributed by atoms with Gasteiger partial charge in [-0.3, -0.25) is 4.79 Å². The van der Waals surface area contributed by atoms with Crippen LogP contribution in [0.15, 0.2) is 0 Å². The SMILES string of the molecule is CCC[C@@H]1CN(c2nc(C3CC3)c3c(c2C#N)CCN(C(=O)OC(C)(C)C)C3)CCN1C(=O)CCO. The summed E-state index contributed by atoms with van der Waals surface area (Å²) in [6, 6.07) is 2.47. The number of pyridine rings is 1. The molecule has 0 aromatic carbocycles. The van der Waals surface area contributed by atoms with E-state index in [1.54, 1.807) is 4.90 Å². The minimum absolute atomic E-state index is 0.0181. The van der Waals surface area contributed by atoms with Gasteiger partial charge in [0.1, 0.15) is 17.5 Å². The summed E-state index contributed by atoms with van der Waals surface area (Å²) in [5.74, 6) is 1.07. The normalized spacial score (nSPS) is 20.1. The summed E-state index contributed by atoms with van der Waals surface area (Å²) in [6.45, 7) is 10.3. The maximum atomic E-state index is 12.8. The number of fused-ring (bicyclic) bond motifs is 1. The van der Waals surface area contributed by atoms with Crippen LogP contribution in [0, 0.1) is 11.3 Å². The monoisotopic (exact) mass is 497 g/mol. The fraction of sp³-hybridized carbons (Fsp3) is 0.704. The fourth-order valence-corrected chi connectivity index (χ4v) is 5.37. The summed E-state index contributed by atoms with van der Waals surface area (Å²) in [6.07, 6.45) is 4.35. The molecule has 3 aliphatic rings. The van der Waals surface area contributed by atoms with Gasteiger partial charge in [-0.2, -0.15) is 5.26 Å². The maximum absolute atomic E-state index is 12.8. The van der Waals surface area contributed by atoms with Gasteiger partial charge in [0.15, 0.2) is 0 Å². The van der Waals surface area contributed by atoms with Crippen LogP contribution in [-0.4, -0.2) is 76.3 Å². The fourth-order valence-electron chi connectivity index (χ4n) is 5.37. The molecular weight excluding hydrogens is 458 g/mol. The highest BCUT2D eigenvalue weighted by Gasteiger charge is 2.38. The first kappa shape index (κ1) is 26.2. The quantitative estimate of drug-likeness (QED) is 0.642. The van der Waals surface area contributed by atoms with Gasteiger partial charge in [0.05, 0.1) is 24.4 Å². The van der Waals surface area contributed by atoms with E-state index in [0.717, 1.165) is 48.3 Å². The van der Waals surface area contributed by atoms with Crippen molar-refractivity contribution in [2.24, 2.45) is 0 Å². The lowest BCUT2D eigenvalue weighted by molar-refractivity contribution is -0.134. The average Bonchev–Trinajstić information content (AvgIpc) is 3.67. The predicted octanol–water partition coefficient (Wildman–Crippen LogP) is 3.32. The van der Waals surface area contributed by atoms with Crippen LogP contribution >= 0.6 is 0 Å². The Kier molecular flexibility index (Phi) is 7.74. The number of anilines is 1. The molecule has 4 rings (SSSR count). The number of rotatable bonds is 6. The van der Waals surface area contributed by atoms with Gasteiger partial charge in [0, 0.05) is 44.6 Å². The first-order valence-corrected chi connectivity index (χ1v) is 13.3. The number of carbonyl (C=O) groups is 2.